The van der Waals surface area contributed by atoms with Crippen LogP contribution >= 0.6 is 0 Å². The summed E-state index contributed by atoms with van der Waals surface area (Å²) in [5.74, 6) is -0.458. The van der Waals surface area contributed by atoms with Crippen LogP contribution in [0.1, 0.15) is 40.5 Å². The van der Waals surface area contributed by atoms with E-state index in [1.165, 1.54) is 5.01 Å². The van der Waals surface area contributed by atoms with Gasteiger partial charge in [0.1, 0.15) is 5.54 Å². The zero-order chi connectivity index (χ0) is 14.4. The number of carbonyl (C=O) groups excluding carboxylic acids is 3. The third-order valence-electron chi connectivity index (χ3n) is 4.77. The number of hydrogen-bond donors (Lipinski definition) is 1. The number of amides is 2. The zero-order valence-electron chi connectivity index (χ0n) is 11.8. The maximum absolute atomic E-state index is 12.4. The van der Waals surface area contributed by atoms with Crippen LogP contribution in [0.2, 0.25) is 0 Å². The van der Waals surface area contributed by atoms with Crippen molar-refractivity contribution in [1.29, 1.82) is 0 Å². The summed E-state index contributed by atoms with van der Waals surface area (Å²) < 4.78 is 4.79. The molecule has 0 aromatic rings. The minimum Gasteiger partial charge on any atom is -0.449 e. The lowest BCUT2D eigenvalue weighted by Crippen LogP contribution is -2.62. The number of rotatable bonds is 2. The largest absolute Gasteiger partial charge is 0.449 e. The van der Waals surface area contributed by atoms with Gasteiger partial charge in [-0.3, -0.25) is 9.59 Å². The third kappa shape index (κ3) is 1.65. The van der Waals surface area contributed by atoms with Gasteiger partial charge in [-0.25, -0.2) is 15.2 Å². The molecule has 2 amide bonds. The second kappa shape index (κ2) is 4.21. The summed E-state index contributed by atoms with van der Waals surface area (Å²) in [4.78, 5) is 36.2. The highest BCUT2D eigenvalue weighted by Crippen LogP contribution is 2.54. The molecule has 2 aliphatic rings. The van der Waals surface area contributed by atoms with Crippen molar-refractivity contribution in [2.45, 2.75) is 46.1 Å². The SMILES string of the molecule is CCOC(=O)NN1C(=O)C2CCC(=O)C1(C)C2(C)C. The monoisotopic (exact) mass is 268 g/mol. The molecule has 1 aliphatic heterocycles. The number of ether oxygens (including phenoxy) is 1. The maximum Gasteiger partial charge on any atom is 0.426 e. The Labute approximate surface area is 112 Å². The van der Waals surface area contributed by atoms with E-state index in [-0.39, 0.29) is 24.2 Å². The zero-order valence-corrected chi connectivity index (χ0v) is 11.8. The van der Waals surface area contributed by atoms with Crippen molar-refractivity contribution < 1.29 is 19.1 Å². The highest BCUT2D eigenvalue weighted by molar-refractivity contribution is 6.01. The Hall–Kier alpha value is -1.59. The fourth-order valence-corrected chi connectivity index (χ4v) is 3.22. The highest BCUT2D eigenvalue weighted by Gasteiger charge is 2.67. The predicted octanol–water partition coefficient (Wildman–Crippen LogP) is 1.25. The van der Waals surface area contributed by atoms with Crippen molar-refractivity contribution in [1.82, 2.24) is 10.4 Å². The Bertz CT molecular complexity index is 446. The Morgan fingerprint density at radius 1 is 1.42 bits per heavy atom. The lowest BCUT2D eigenvalue weighted by molar-refractivity contribution is -0.144. The second-order valence-electron chi connectivity index (χ2n) is 5.81. The van der Waals surface area contributed by atoms with Gasteiger partial charge in [0.15, 0.2) is 5.78 Å². The van der Waals surface area contributed by atoms with E-state index in [1.807, 2.05) is 13.8 Å². The molecule has 2 fully saturated rings. The second-order valence-corrected chi connectivity index (χ2v) is 5.81. The fourth-order valence-electron chi connectivity index (χ4n) is 3.22. The number of nitrogens with zero attached hydrogens (tertiary/aromatic N) is 1. The van der Waals surface area contributed by atoms with E-state index in [2.05, 4.69) is 5.43 Å². The van der Waals surface area contributed by atoms with Crippen molar-refractivity contribution in [3.05, 3.63) is 0 Å². The Morgan fingerprint density at radius 3 is 2.63 bits per heavy atom. The van der Waals surface area contributed by atoms with Crippen molar-refractivity contribution in [3.63, 3.8) is 0 Å². The van der Waals surface area contributed by atoms with Crippen LogP contribution in [0.3, 0.4) is 0 Å². The summed E-state index contributed by atoms with van der Waals surface area (Å²) in [5, 5.41) is 1.19. The molecule has 0 aromatic heterocycles. The quantitative estimate of drug-likeness (QED) is 0.818. The molecule has 19 heavy (non-hydrogen) atoms. The summed E-state index contributed by atoms with van der Waals surface area (Å²) >= 11 is 0. The molecule has 2 bridgehead atoms. The molecule has 0 radical (unpaired) electrons. The van der Waals surface area contributed by atoms with E-state index in [1.54, 1.807) is 13.8 Å². The molecule has 1 saturated heterocycles. The minimum absolute atomic E-state index is 0.0172. The molecular formula is C13H20N2O4. The van der Waals surface area contributed by atoms with Crippen LogP contribution in [0.4, 0.5) is 4.79 Å². The van der Waals surface area contributed by atoms with Crippen LogP contribution in [0.25, 0.3) is 0 Å². The summed E-state index contributed by atoms with van der Waals surface area (Å²) in [6.45, 7) is 7.42. The molecule has 1 heterocycles. The third-order valence-corrected chi connectivity index (χ3v) is 4.77. The van der Waals surface area contributed by atoms with Crippen LogP contribution in [0, 0.1) is 11.3 Å². The van der Waals surface area contributed by atoms with Crippen molar-refractivity contribution >= 4 is 17.8 Å². The van der Waals surface area contributed by atoms with Crippen LogP contribution in [0.15, 0.2) is 0 Å². The van der Waals surface area contributed by atoms with E-state index in [0.29, 0.717) is 12.8 Å². The molecule has 1 N–H and O–H groups in total. The first-order valence-corrected chi connectivity index (χ1v) is 6.57. The molecule has 2 atom stereocenters. The molecule has 1 aliphatic carbocycles. The summed E-state index contributed by atoms with van der Waals surface area (Å²) in [6.07, 6.45) is 0.215. The van der Waals surface area contributed by atoms with Crippen LogP contribution < -0.4 is 5.43 Å². The average molecular weight is 268 g/mol. The van der Waals surface area contributed by atoms with Gasteiger partial charge in [-0.15, -0.1) is 0 Å². The van der Waals surface area contributed by atoms with Gasteiger partial charge in [-0.05, 0) is 20.3 Å². The molecule has 0 aromatic carbocycles. The Balaban J connectivity index is 2.36. The highest BCUT2D eigenvalue weighted by atomic mass is 16.6. The maximum atomic E-state index is 12.4. The minimum atomic E-state index is -1.00. The molecule has 6 heteroatoms. The van der Waals surface area contributed by atoms with Gasteiger partial charge in [0, 0.05) is 17.8 Å². The van der Waals surface area contributed by atoms with Crippen molar-refractivity contribution in [3.8, 4) is 0 Å². The summed E-state index contributed by atoms with van der Waals surface area (Å²) in [6, 6.07) is 0. The lowest BCUT2D eigenvalue weighted by Gasteiger charge is -2.44. The molecular weight excluding hydrogens is 248 g/mol. The van der Waals surface area contributed by atoms with Crippen LogP contribution in [-0.4, -0.2) is 34.9 Å². The number of nitrogens with one attached hydrogen (secondary N) is 1. The standard InChI is InChI=1S/C13H20N2O4/c1-5-19-11(18)14-15-10(17)8-6-7-9(16)13(15,4)12(8,2)3/h8H,5-7H2,1-4H3,(H,14,18). The van der Waals surface area contributed by atoms with Gasteiger partial charge in [0.2, 0.25) is 5.91 Å². The van der Waals surface area contributed by atoms with Crippen LogP contribution in [-0.2, 0) is 14.3 Å². The van der Waals surface area contributed by atoms with E-state index >= 15 is 0 Å². The number of fused-ring (bicyclic) bond motifs is 2. The first-order valence-electron chi connectivity index (χ1n) is 6.57. The van der Waals surface area contributed by atoms with Gasteiger partial charge in [-0.2, -0.15) is 0 Å². The number of ketones is 1. The van der Waals surface area contributed by atoms with Gasteiger partial charge < -0.3 is 4.74 Å². The van der Waals surface area contributed by atoms with E-state index < -0.39 is 17.0 Å². The Morgan fingerprint density at radius 2 is 2.05 bits per heavy atom. The molecule has 2 unspecified atom stereocenters. The van der Waals surface area contributed by atoms with Gasteiger partial charge >= 0.3 is 6.09 Å². The normalized spacial score (nSPS) is 32.4. The lowest BCUT2D eigenvalue weighted by atomic mass is 9.61. The first-order chi connectivity index (χ1) is 8.76. The number of hydrazine groups is 1. The van der Waals surface area contributed by atoms with Gasteiger partial charge in [0.05, 0.1) is 6.61 Å². The smallest absolute Gasteiger partial charge is 0.426 e. The number of carbonyl (C=O) groups is 3. The number of hydrogen-bond acceptors (Lipinski definition) is 4. The fraction of sp³-hybridized carbons (Fsp3) is 0.769. The summed E-state index contributed by atoms with van der Waals surface area (Å²) in [5.41, 5.74) is 0.928. The van der Waals surface area contributed by atoms with Crippen LogP contribution in [0.5, 0.6) is 0 Å². The number of Topliss-reactive ketones (excluding diaryl/α,β-unsaturated/α-hetero) is 1. The van der Waals surface area contributed by atoms with Gasteiger partial charge in [-0.1, -0.05) is 13.8 Å². The molecule has 0 spiro atoms. The van der Waals surface area contributed by atoms with Crippen molar-refractivity contribution in [2.75, 3.05) is 6.61 Å². The molecule has 2 rings (SSSR count). The molecule has 1 saturated carbocycles. The molecule has 6 nitrogen and oxygen atoms in total. The molecule has 106 valence electrons. The van der Waals surface area contributed by atoms with E-state index in [4.69, 9.17) is 4.74 Å². The Kier molecular flexibility index (Phi) is 3.07. The first kappa shape index (κ1) is 13.8. The predicted molar refractivity (Wildman–Crippen MR) is 66.9 cm³/mol. The average Bonchev–Trinajstić information content (AvgIpc) is 2.40. The van der Waals surface area contributed by atoms with Gasteiger partial charge in [0.25, 0.3) is 0 Å². The topological polar surface area (TPSA) is 75.7 Å². The summed E-state index contributed by atoms with van der Waals surface area (Å²) in [7, 11) is 0. The van der Waals surface area contributed by atoms with E-state index in [9.17, 15) is 14.4 Å². The van der Waals surface area contributed by atoms with E-state index in [0.717, 1.165) is 0 Å². The van der Waals surface area contributed by atoms with Crippen molar-refractivity contribution in [2.24, 2.45) is 11.3 Å².